The lowest BCUT2D eigenvalue weighted by Gasteiger charge is -2.16. The Balaban J connectivity index is 2.49. The number of benzene rings is 1. The summed E-state index contributed by atoms with van der Waals surface area (Å²) in [5.41, 5.74) is 1.28. The van der Waals surface area contributed by atoms with E-state index in [-0.39, 0.29) is 0 Å². The SMILES string of the molecule is COc1ccc(Br)cc1CCC(C)CNC(C)C. The van der Waals surface area contributed by atoms with Gasteiger partial charge < -0.3 is 10.1 Å². The van der Waals surface area contributed by atoms with Gasteiger partial charge in [0.2, 0.25) is 0 Å². The number of nitrogens with one attached hydrogen (secondary N) is 1. The average molecular weight is 314 g/mol. The first kappa shape index (κ1) is 15.5. The molecule has 0 amide bonds. The third-order valence-corrected chi connectivity index (χ3v) is 3.52. The molecule has 0 bridgehead atoms. The summed E-state index contributed by atoms with van der Waals surface area (Å²) in [6.45, 7) is 7.74. The van der Waals surface area contributed by atoms with Crippen LogP contribution in [0.3, 0.4) is 0 Å². The first-order valence-corrected chi connectivity index (χ1v) is 7.38. The normalized spacial score (nSPS) is 12.8. The number of ether oxygens (including phenoxy) is 1. The van der Waals surface area contributed by atoms with E-state index in [2.05, 4.69) is 48.1 Å². The minimum atomic E-state index is 0.563. The Bertz CT molecular complexity index is 366. The molecule has 2 nitrogen and oxygen atoms in total. The molecule has 1 aromatic carbocycles. The van der Waals surface area contributed by atoms with Gasteiger partial charge in [0.1, 0.15) is 5.75 Å². The zero-order valence-corrected chi connectivity index (χ0v) is 13.4. The quantitative estimate of drug-likeness (QED) is 0.820. The summed E-state index contributed by atoms with van der Waals surface area (Å²) in [7, 11) is 1.73. The van der Waals surface area contributed by atoms with Crippen molar-refractivity contribution in [2.45, 2.75) is 39.7 Å². The molecule has 1 atom stereocenters. The molecular formula is C15H24BrNO. The maximum absolute atomic E-state index is 5.39. The molecular weight excluding hydrogens is 290 g/mol. The molecule has 0 saturated heterocycles. The number of hydrogen-bond donors (Lipinski definition) is 1. The van der Waals surface area contributed by atoms with E-state index in [0.29, 0.717) is 12.0 Å². The van der Waals surface area contributed by atoms with E-state index in [4.69, 9.17) is 4.74 Å². The predicted octanol–water partition coefficient (Wildman–Crippen LogP) is 4.02. The molecule has 0 aliphatic rings. The fourth-order valence-corrected chi connectivity index (χ4v) is 2.29. The number of hydrogen-bond acceptors (Lipinski definition) is 2. The van der Waals surface area contributed by atoms with Crippen molar-refractivity contribution in [2.24, 2.45) is 5.92 Å². The minimum Gasteiger partial charge on any atom is -0.496 e. The molecule has 1 unspecified atom stereocenters. The highest BCUT2D eigenvalue weighted by molar-refractivity contribution is 9.10. The van der Waals surface area contributed by atoms with Crippen molar-refractivity contribution in [1.82, 2.24) is 5.32 Å². The lowest BCUT2D eigenvalue weighted by Crippen LogP contribution is -2.28. The van der Waals surface area contributed by atoms with E-state index in [0.717, 1.165) is 23.2 Å². The molecule has 0 fully saturated rings. The highest BCUT2D eigenvalue weighted by Gasteiger charge is 2.07. The second-order valence-corrected chi connectivity index (χ2v) is 6.08. The zero-order valence-electron chi connectivity index (χ0n) is 11.8. The molecule has 102 valence electrons. The van der Waals surface area contributed by atoms with Crippen LogP contribution in [0, 0.1) is 5.92 Å². The van der Waals surface area contributed by atoms with Crippen LogP contribution in [0.4, 0.5) is 0 Å². The summed E-state index contributed by atoms with van der Waals surface area (Å²) in [5, 5.41) is 3.48. The lowest BCUT2D eigenvalue weighted by molar-refractivity contribution is 0.404. The highest BCUT2D eigenvalue weighted by atomic mass is 79.9. The molecule has 0 radical (unpaired) electrons. The maximum Gasteiger partial charge on any atom is 0.122 e. The molecule has 1 N–H and O–H groups in total. The van der Waals surface area contributed by atoms with Crippen LogP contribution in [-0.2, 0) is 6.42 Å². The molecule has 0 saturated carbocycles. The first-order chi connectivity index (χ1) is 8.52. The van der Waals surface area contributed by atoms with Gasteiger partial charge in [-0.1, -0.05) is 36.7 Å². The number of rotatable bonds is 7. The van der Waals surface area contributed by atoms with Gasteiger partial charge in [-0.25, -0.2) is 0 Å². The largest absolute Gasteiger partial charge is 0.496 e. The lowest BCUT2D eigenvalue weighted by atomic mass is 10.00. The van der Waals surface area contributed by atoms with Gasteiger partial charge in [0, 0.05) is 10.5 Å². The van der Waals surface area contributed by atoms with Crippen molar-refractivity contribution in [1.29, 1.82) is 0 Å². The molecule has 0 aliphatic carbocycles. The van der Waals surface area contributed by atoms with Gasteiger partial charge in [-0.05, 0) is 49.1 Å². The van der Waals surface area contributed by atoms with Crippen molar-refractivity contribution >= 4 is 15.9 Å². The second-order valence-electron chi connectivity index (χ2n) is 5.16. The standard InChI is InChI=1S/C15H24BrNO/c1-11(2)17-10-12(3)5-6-13-9-14(16)7-8-15(13)18-4/h7-9,11-12,17H,5-6,10H2,1-4H3. The van der Waals surface area contributed by atoms with E-state index in [1.165, 1.54) is 12.0 Å². The Kier molecular flexibility index (Phi) is 6.72. The van der Waals surface area contributed by atoms with Gasteiger partial charge in [-0.3, -0.25) is 0 Å². The van der Waals surface area contributed by atoms with Gasteiger partial charge in [-0.15, -0.1) is 0 Å². The average Bonchev–Trinajstić information content (AvgIpc) is 2.34. The Morgan fingerprint density at radius 2 is 2.00 bits per heavy atom. The fourth-order valence-electron chi connectivity index (χ4n) is 1.88. The Hall–Kier alpha value is -0.540. The molecule has 0 spiro atoms. The Morgan fingerprint density at radius 1 is 1.28 bits per heavy atom. The highest BCUT2D eigenvalue weighted by Crippen LogP contribution is 2.25. The van der Waals surface area contributed by atoms with Gasteiger partial charge in [0.25, 0.3) is 0 Å². The molecule has 0 heterocycles. The van der Waals surface area contributed by atoms with Crippen LogP contribution in [0.15, 0.2) is 22.7 Å². The summed E-state index contributed by atoms with van der Waals surface area (Å²) >= 11 is 3.51. The molecule has 3 heteroatoms. The third-order valence-electron chi connectivity index (χ3n) is 3.02. The second kappa shape index (κ2) is 7.80. The molecule has 1 aromatic rings. The summed E-state index contributed by atoms with van der Waals surface area (Å²) < 4.78 is 6.51. The van der Waals surface area contributed by atoms with Crippen molar-refractivity contribution < 1.29 is 4.74 Å². The van der Waals surface area contributed by atoms with Crippen molar-refractivity contribution in [2.75, 3.05) is 13.7 Å². The van der Waals surface area contributed by atoms with Crippen LogP contribution in [0.25, 0.3) is 0 Å². The van der Waals surface area contributed by atoms with Crippen molar-refractivity contribution in [3.63, 3.8) is 0 Å². The molecule has 0 aliphatic heterocycles. The fraction of sp³-hybridized carbons (Fsp3) is 0.600. The minimum absolute atomic E-state index is 0.563. The van der Waals surface area contributed by atoms with Crippen LogP contribution < -0.4 is 10.1 Å². The van der Waals surface area contributed by atoms with Crippen LogP contribution in [0.2, 0.25) is 0 Å². The number of methoxy groups -OCH3 is 1. The van der Waals surface area contributed by atoms with Gasteiger partial charge in [0.05, 0.1) is 7.11 Å². The van der Waals surface area contributed by atoms with Crippen LogP contribution in [0.1, 0.15) is 32.8 Å². The van der Waals surface area contributed by atoms with Crippen LogP contribution >= 0.6 is 15.9 Å². The van der Waals surface area contributed by atoms with Crippen LogP contribution in [0.5, 0.6) is 5.75 Å². The van der Waals surface area contributed by atoms with Crippen molar-refractivity contribution in [3.05, 3.63) is 28.2 Å². The van der Waals surface area contributed by atoms with E-state index in [1.807, 2.05) is 12.1 Å². The predicted molar refractivity (Wildman–Crippen MR) is 81.3 cm³/mol. The number of halogens is 1. The summed E-state index contributed by atoms with van der Waals surface area (Å²) in [6.07, 6.45) is 2.23. The van der Waals surface area contributed by atoms with Gasteiger partial charge >= 0.3 is 0 Å². The molecule has 1 rings (SSSR count). The number of aryl methyl sites for hydroxylation is 1. The summed E-state index contributed by atoms with van der Waals surface area (Å²) in [5.74, 6) is 1.67. The zero-order chi connectivity index (χ0) is 13.5. The Morgan fingerprint density at radius 3 is 2.61 bits per heavy atom. The van der Waals surface area contributed by atoms with Gasteiger partial charge in [-0.2, -0.15) is 0 Å². The third kappa shape index (κ3) is 5.40. The van der Waals surface area contributed by atoms with Crippen LogP contribution in [-0.4, -0.2) is 19.7 Å². The van der Waals surface area contributed by atoms with E-state index >= 15 is 0 Å². The van der Waals surface area contributed by atoms with Crippen molar-refractivity contribution in [3.8, 4) is 5.75 Å². The topological polar surface area (TPSA) is 21.3 Å². The first-order valence-electron chi connectivity index (χ1n) is 6.58. The van der Waals surface area contributed by atoms with E-state index in [9.17, 15) is 0 Å². The molecule has 0 aromatic heterocycles. The van der Waals surface area contributed by atoms with E-state index < -0.39 is 0 Å². The van der Waals surface area contributed by atoms with Gasteiger partial charge in [0.15, 0.2) is 0 Å². The smallest absolute Gasteiger partial charge is 0.122 e. The monoisotopic (exact) mass is 313 g/mol. The van der Waals surface area contributed by atoms with E-state index in [1.54, 1.807) is 7.11 Å². The molecule has 18 heavy (non-hydrogen) atoms. The Labute approximate surface area is 119 Å². The summed E-state index contributed by atoms with van der Waals surface area (Å²) in [4.78, 5) is 0. The summed E-state index contributed by atoms with van der Waals surface area (Å²) in [6, 6.07) is 6.76. The maximum atomic E-state index is 5.39.